The van der Waals surface area contributed by atoms with Crippen LogP contribution in [0.1, 0.15) is 30.7 Å². The normalized spacial score (nSPS) is 16.2. The maximum atomic E-state index is 13.2. The van der Waals surface area contributed by atoms with Crippen molar-refractivity contribution in [2.24, 2.45) is 11.8 Å². The first-order valence-electron chi connectivity index (χ1n) is 10.2. The summed E-state index contributed by atoms with van der Waals surface area (Å²) in [5, 5.41) is 13.5. The van der Waals surface area contributed by atoms with Gasteiger partial charge in [0.25, 0.3) is 0 Å². The molecule has 0 aliphatic carbocycles. The number of alkyl halides is 3. The van der Waals surface area contributed by atoms with E-state index in [-0.39, 0.29) is 24.6 Å². The summed E-state index contributed by atoms with van der Waals surface area (Å²) >= 11 is 18.3. The highest BCUT2D eigenvalue weighted by atomic mass is 35.5. The summed E-state index contributed by atoms with van der Waals surface area (Å²) < 4.78 is 46.0. The molecule has 33 heavy (non-hydrogen) atoms. The molecule has 6 nitrogen and oxygen atoms in total. The second kappa shape index (κ2) is 10.2. The van der Waals surface area contributed by atoms with Crippen molar-refractivity contribution >= 4 is 46.5 Å². The lowest BCUT2D eigenvalue weighted by molar-refractivity contribution is -0.142. The molecule has 0 bridgehead atoms. The summed E-state index contributed by atoms with van der Waals surface area (Å²) in [6.45, 7) is 2.67. The molecule has 0 radical (unpaired) electrons. The van der Waals surface area contributed by atoms with Gasteiger partial charge >= 0.3 is 12.1 Å². The van der Waals surface area contributed by atoms with Crippen molar-refractivity contribution in [2.45, 2.75) is 38.9 Å². The van der Waals surface area contributed by atoms with Crippen molar-refractivity contribution in [1.29, 1.82) is 0 Å². The Morgan fingerprint density at radius 3 is 2.39 bits per heavy atom. The maximum absolute atomic E-state index is 13.2. The van der Waals surface area contributed by atoms with Crippen LogP contribution in [-0.4, -0.2) is 41.1 Å². The van der Waals surface area contributed by atoms with Gasteiger partial charge in [-0.25, -0.2) is 0 Å². The first-order valence-corrected chi connectivity index (χ1v) is 11.4. The van der Waals surface area contributed by atoms with E-state index in [9.17, 15) is 23.1 Å². The second-order valence-electron chi connectivity index (χ2n) is 8.05. The fraction of sp³-hybridized carbons (Fsp3) is 0.524. The van der Waals surface area contributed by atoms with Gasteiger partial charge in [0, 0.05) is 25.7 Å². The van der Waals surface area contributed by atoms with Gasteiger partial charge in [-0.05, 0) is 37.7 Å². The highest BCUT2D eigenvalue weighted by molar-refractivity contribution is 6.37. The van der Waals surface area contributed by atoms with E-state index < -0.39 is 28.8 Å². The maximum Gasteiger partial charge on any atom is 0.436 e. The minimum absolute atomic E-state index is 0.0259. The van der Waals surface area contributed by atoms with E-state index in [1.807, 2.05) is 0 Å². The number of anilines is 1. The molecule has 182 valence electrons. The van der Waals surface area contributed by atoms with Crippen LogP contribution in [0.2, 0.25) is 15.1 Å². The van der Waals surface area contributed by atoms with Gasteiger partial charge in [0.05, 0.1) is 40.0 Å². The Labute approximate surface area is 204 Å². The van der Waals surface area contributed by atoms with E-state index >= 15 is 0 Å². The standard InChI is InChI=1S/C21H23Cl3F3N3O3/c1-11-19(24)20(21(25,26)27)28-30(11)10-13(7-18(31)32)12-3-5-29(6-4-12)16-9-17(33-2)15(23)8-14(16)22/h8-9,12-13H,3-7,10H2,1-2H3,(H,31,32). The average Bonchev–Trinajstić information content (AvgIpc) is 3.02. The third kappa shape index (κ3) is 5.81. The van der Waals surface area contributed by atoms with Crippen LogP contribution in [0.3, 0.4) is 0 Å². The molecule has 0 saturated carbocycles. The Hall–Kier alpha value is -1.84. The summed E-state index contributed by atoms with van der Waals surface area (Å²) in [5.74, 6) is -0.953. The molecule has 12 heteroatoms. The summed E-state index contributed by atoms with van der Waals surface area (Å²) in [6.07, 6.45) is -3.59. The highest BCUT2D eigenvalue weighted by Gasteiger charge is 2.39. The van der Waals surface area contributed by atoms with Crippen LogP contribution in [0.5, 0.6) is 5.75 Å². The number of carbonyl (C=O) groups is 1. The van der Waals surface area contributed by atoms with Crippen LogP contribution >= 0.6 is 34.8 Å². The number of nitrogens with zero attached hydrogens (tertiary/aromatic N) is 3. The molecular formula is C21H23Cl3F3N3O3. The predicted molar refractivity (Wildman–Crippen MR) is 121 cm³/mol. The Morgan fingerprint density at radius 1 is 1.24 bits per heavy atom. The second-order valence-corrected chi connectivity index (χ2v) is 9.24. The number of benzene rings is 1. The molecule has 2 heterocycles. The number of aromatic nitrogens is 2. The van der Waals surface area contributed by atoms with E-state index in [1.54, 1.807) is 12.1 Å². The molecular weight excluding hydrogens is 506 g/mol. The molecule has 3 rings (SSSR count). The number of aliphatic carboxylic acids is 1. The summed E-state index contributed by atoms with van der Waals surface area (Å²) in [5.41, 5.74) is -0.232. The molecule has 1 unspecified atom stereocenters. The van der Waals surface area contributed by atoms with Gasteiger partial charge in [-0.1, -0.05) is 34.8 Å². The lowest BCUT2D eigenvalue weighted by Gasteiger charge is -2.37. The zero-order chi connectivity index (χ0) is 24.5. The molecule has 1 aliphatic rings. The van der Waals surface area contributed by atoms with Crippen LogP contribution in [0, 0.1) is 18.8 Å². The summed E-state index contributed by atoms with van der Waals surface area (Å²) in [4.78, 5) is 13.6. The molecule has 2 aromatic rings. The third-order valence-electron chi connectivity index (χ3n) is 6.01. The first-order chi connectivity index (χ1) is 15.4. The number of carboxylic acids is 1. The Bertz CT molecular complexity index is 1020. The Balaban J connectivity index is 1.77. The molecule has 1 atom stereocenters. The molecule has 1 saturated heterocycles. The Morgan fingerprint density at radius 2 is 1.88 bits per heavy atom. The Kier molecular flexibility index (Phi) is 7.96. The molecule has 0 amide bonds. The lowest BCUT2D eigenvalue weighted by Crippen LogP contribution is -2.38. The number of ether oxygens (including phenoxy) is 1. The van der Waals surface area contributed by atoms with Crippen molar-refractivity contribution in [3.8, 4) is 5.75 Å². The molecule has 1 fully saturated rings. The van der Waals surface area contributed by atoms with E-state index in [0.29, 0.717) is 41.7 Å². The van der Waals surface area contributed by atoms with Gasteiger partial charge in [-0.2, -0.15) is 18.3 Å². The summed E-state index contributed by atoms with van der Waals surface area (Å²) in [7, 11) is 1.51. The van der Waals surface area contributed by atoms with Crippen LogP contribution in [0.25, 0.3) is 0 Å². The fourth-order valence-electron chi connectivity index (χ4n) is 4.24. The number of carboxylic acid groups (broad SMARTS) is 1. The van der Waals surface area contributed by atoms with Crippen molar-refractivity contribution in [3.05, 3.63) is 38.6 Å². The van der Waals surface area contributed by atoms with E-state index in [1.165, 1.54) is 18.7 Å². The lowest BCUT2D eigenvalue weighted by atomic mass is 9.82. The minimum Gasteiger partial charge on any atom is -0.495 e. The van der Waals surface area contributed by atoms with Crippen molar-refractivity contribution in [3.63, 3.8) is 0 Å². The van der Waals surface area contributed by atoms with E-state index in [4.69, 9.17) is 39.5 Å². The van der Waals surface area contributed by atoms with Crippen LogP contribution < -0.4 is 9.64 Å². The largest absolute Gasteiger partial charge is 0.495 e. The highest BCUT2D eigenvalue weighted by Crippen LogP contribution is 2.40. The predicted octanol–water partition coefficient (Wildman–Crippen LogP) is 6.19. The third-order valence-corrected chi connectivity index (χ3v) is 7.07. The average molecular weight is 529 g/mol. The smallest absolute Gasteiger partial charge is 0.436 e. The van der Waals surface area contributed by atoms with Crippen LogP contribution in [-0.2, 0) is 17.5 Å². The molecule has 1 aliphatic heterocycles. The zero-order valence-corrected chi connectivity index (χ0v) is 20.2. The monoisotopic (exact) mass is 527 g/mol. The number of halogens is 6. The first kappa shape index (κ1) is 25.8. The van der Waals surface area contributed by atoms with Crippen LogP contribution in [0.4, 0.5) is 18.9 Å². The zero-order valence-electron chi connectivity index (χ0n) is 17.9. The van der Waals surface area contributed by atoms with Gasteiger partial charge in [0.15, 0.2) is 5.69 Å². The van der Waals surface area contributed by atoms with Gasteiger partial charge < -0.3 is 14.7 Å². The quantitative estimate of drug-likeness (QED) is 0.464. The number of rotatable bonds is 7. The van der Waals surface area contributed by atoms with Gasteiger partial charge in [0.2, 0.25) is 0 Å². The SMILES string of the molecule is COc1cc(N2CCC(C(CC(=O)O)Cn3nc(C(F)(F)F)c(Cl)c3C)CC2)c(Cl)cc1Cl. The van der Waals surface area contributed by atoms with Gasteiger partial charge in [-0.15, -0.1) is 0 Å². The number of hydrogen-bond donors (Lipinski definition) is 1. The van der Waals surface area contributed by atoms with Gasteiger partial charge in [0.1, 0.15) is 5.75 Å². The van der Waals surface area contributed by atoms with Crippen LogP contribution in [0.15, 0.2) is 12.1 Å². The molecule has 0 spiro atoms. The minimum atomic E-state index is -4.68. The van der Waals surface area contributed by atoms with E-state index in [0.717, 1.165) is 5.69 Å². The van der Waals surface area contributed by atoms with Crippen molar-refractivity contribution < 1.29 is 27.8 Å². The van der Waals surface area contributed by atoms with Crippen molar-refractivity contribution in [2.75, 3.05) is 25.1 Å². The molecule has 1 aromatic heterocycles. The summed E-state index contributed by atoms with van der Waals surface area (Å²) in [6, 6.07) is 3.37. The molecule has 1 N–H and O–H groups in total. The van der Waals surface area contributed by atoms with Gasteiger partial charge in [-0.3, -0.25) is 9.48 Å². The number of piperidine rings is 1. The number of methoxy groups -OCH3 is 1. The van der Waals surface area contributed by atoms with E-state index in [2.05, 4.69) is 10.00 Å². The van der Waals surface area contributed by atoms with Crippen molar-refractivity contribution in [1.82, 2.24) is 9.78 Å². The fourth-order valence-corrected chi connectivity index (χ4v) is 5.06. The topological polar surface area (TPSA) is 67.6 Å². The number of hydrogen-bond acceptors (Lipinski definition) is 4. The molecule has 1 aromatic carbocycles.